The van der Waals surface area contributed by atoms with Crippen LogP contribution in [0.4, 0.5) is 4.79 Å². The maximum Gasteiger partial charge on any atom is 0.331 e. The van der Waals surface area contributed by atoms with Gasteiger partial charge >= 0.3 is 12.0 Å². The first-order valence-electron chi connectivity index (χ1n) is 6.36. The van der Waals surface area contributed by atoms with Gasteiger partial charge in [-0.3, -0.25) is 10.1 Å². The molecule has 1 rings (SSSR count). The number of urea groups is 1. The van der Waals surface area contributed by atoms with Crippen LogP contribution in [0.15, 0.2) is 35.4 Å². The van der Waals surface area contributed by atoms with Crippen LogP contribution in [0.25, 0.3) is 0 Å². The van der Waals surface area contributed by atoms with E-state index in [2.05, 4.69) is 10.6 Å². The molecule has 0 fully saturated rings. The van der Waals surface area contributed by atoms with E-state index in [1.807, 2.05) is 31.2 Å². The minimum Gasteiger partial charge on any atom is -0.478 e. The maximum absolute atomic E-state index is 11.7. The molecule has 6 nitrogen and oxygen atoms in total. The van der Waals surface area contributed by atoms with E-state index >= 15 is 0 Å². The lowest BCUT2D eigenvalue weighted by atomic mass is 10.1. The number of benzene rings is 1. The normalized spacial score (nSPS) is 11.4. The molecular formula is C15H18N2O4. The number of hydrogen-bond acceptors (Lipinski definition) is 3. The molecule has 3 N–H and O–H groups in total. The Morgan fingerprint density at radius 2 is 1.81 bits per heavy atom. The summed E-state index contributed by atoms with van der Waals surface area (Å²) in [4.78, 5) is 34.0. The van der Waals surface area contributed by atoms with Crippen molar-refractivity contribution in [3.8, 4) is 0 Å². The number of rotatable bonds is 4. The highest BCUT2D eigenvalue weighted by Gasteiger charge is 2.14. The fourth-order valence-corrected chi connectivity index (χ4v) is 1.58. The van der Waals surface area contributed by atoms with E-state index in [9.17, 15) is 14.4 Å². The average Bonchev–Trinajstić information content (AvgIpc) is 2.43. The van der Waals surface area contributed by atoms with E-state index in [-0.39, 0.29) is 17.7 Å². The smallest absolute Gasteiger partial charge is 0.331 e. The van der Waals surface area contributed by atoms with Gasteiger partial charge in [-0.2, -0.15) is 0 Å². The number of hydrogen-bond donors (Lipinski definition) is 3. The summed E-state index contributed by atoms with van der Waals surface area (Å²) in [6.45, 7) is 4.88. The van der Waals surface area contributed by atoms with Crippen LogP contribution in [0.3, 0.4) is 0 Å². The predicted octanol–water partition coefficient (Wildman–Crippen LogP) is 1.74. The fourth-order valence-electron chi connectivity index (χ4n) is 1.58. The zero-order chi connectivity index (χ0) is 16.0. The number of carbonyl (C=O) groups excluding carboxylic acids is 2. The molecule has 0 saturated heterocycles. The molecule has 1 aromatic carbocycles. The minimum atomic E-state index is -1.19. The first kappa shape index (κ1) is 16.4. The Hall–Kier alpha value is -2.63. The number of carboxylic acid groups (broad SMARTS) is 1. The van der Waals surface area contributed by atoms with Crippen molar-refractivity contribution in [2.75, 3.05) is 0 Å². The van der Waals surface area contributed by atoms with Crippen LogP contribution < -0.4 is 10.6 Å². The molecule has 6 heteroatoms. The molecule has 0 bridgehead atoms. The molecule has 112 valence electrons. The number of imide groups is 1. The molecule has 0 unspecified atom stereocenters. The molecule has 3 amide bonds. The second-order valence-electron chi connectivity index (χ2n) is 4.68. The summed E-state index contributed by atoms with van der Waals surface area (Å²) in [6.07, 6.45) is 0. The monoisotopic (exact) mass is 290 g/mol. The van der Waals surface area contributed by atoms with E-state index in [1.165, 1.54) is 13.8 Å². The van der Waals surface area contributed by atoms with Crippen molar-refractivity contribution < 1.29 is 19.5 Å². The van der Waals surface area contributed by atoms with E-state index in [4.69, 9.17) is 5.11 Å². The van der Waals surface area contributed by atoms with Gasteiger partial charge in [0.05, 0.1) is 0 Å². The van der Waals surface area contributed by atoms with Crippen LogP contribution in [0.5, 0.6) is 0 Å². The van der Waals surface area contributed by atoms with Crippen LogP contribution in [0.1, 0.15) is 25.0 Å². The summed E-state index contributed by atoms with van der Waals surface area (Å²) in [7, 11) is 0. The zero-order valence-electron chi connectivity index (χ0n) is 12.2. The summed E-state index contributed by atoms with van der Waals surface area (Å²) >= 11 is 0. The van der Waals surface area contributed by atoms with Crippen molar-refractivity contribution in [1.29, 1.82) is 0 Å². The number of carbonyl (C=O) groups is 3. The van der Waals surface area contributed by atoms with Gasteiger partial charge in [-0.15, -0.1) is 0 Å². The van der Waals surface area contributed by atoms with Gasteiger partial charge in [0.15, 0.2) is 0 Å². The Bertz CT molecular complexity index is 605. The van der Waals surface area contributed by atoms with Crippen molar-refractivity contribution in [3.05, 3.63) is 46.5 Å². The van der Waals surface area contributed by atoms with E-state index in [1.54, 1.807) is 0 Å². The molecule has 21 heavy (non-hydrogen) atoms. The summed E-state index contributed by atoms with van der Waals surface area (Å²) < 4.78 is 0. The van der Waals surface area contributed by atoms with Gasteiger partial charge < -0.3 is 10.4 Å². The molecule has 0 spiro atoms. The maximum atomic E-state index is 11.7. The summed E-state index contributed by atoms with van der Waals surface area (Å²) in [5.41, 5.74) is 1.88. The SMILES string of the molecule is CC(C(=O)O)=C(C)C(=O)NC(=O)NCc1cccc(C)c1. The predicted molar refractivity (Wildman–Crippen MR) is 77.6 cm³/mol. The van der Waals surface area contributed by atoms with Crippen LogP contribution in [0, 0.1) is 6.92 Å². The quantitative estimate of drug-likeness (QED) is 0.736. The van der Waals surface area contributed by atoms with E-state index in [0.29, 0.717) is 0 Å². The van der Waals surface area contributed by atoms with Gasteiger partial charge in [0.25, 0.3) is 5.91 Å². The van der Waals surface area contributed by atoms with Crippen molar-refractivity contribution >= 4 is 17.9 Å². The van der Waals surface area contributed by atoms with Gasteiger partial charge in [-0.25, -0.2) is 9.59 Å². The van der Waals surface area contributed by atoms with Gasteiger partial charge in [-0.05, 0) is 26.3 Å². The Labute approximate surface area is 122 Å². The standard InChI is InChI=1S/C15H18N2O4/c1-9-5-4-6-12(7-9)8-16-15(21)17-13(18)10(2)11(3)14(19)20/h4-7H,8H2,1-3H3,(H,19,20)(H2,16,17,18,21). The Morgan fingerprint density at radius 1 is 1.14 bits per heavy atom. The fraction of sp³-hybridized carbons (Fsp3) is 0.267. The topological polar surface area (TPSA) is 95.5 Å². The Kier molecular flexibility index (Phi) is 5.66. The minimum absolute atomic E-state index is 0.00629. The lowest BCUT2D eigenvalue weighted by molar-refractivity contribution is -0.133. The molecule has 0 saturated carbocycles. The lowest BCUT2D eigenvalue weighted by Crippen LogP contribution is -2.39. The third-order valence-corrected chi connectivity index (χ3v) is 2.99. The molecule has 0 radical (unpaired) electrons. The molecular weight excluding hydrogens is 272 g/mol. The molecule has 0 aliphatic heterocycles. The lowest BCUT2D eigenvalue weighted by Gasteiger charge is -2.08. The van der Waals surface area contributed by atoms with Crippen molar-refractivity contribution in [2.24, 2.45) is 0 Å². The second kappa shape index (κ2) is 7.23. The van der Waals surface area contributed by atoms with Crippen LogP contribution >= 0.6 is 0 Å². The summed E-state index contributed by atoms with van der Waals surface area (Å²) in [6, 6.07) is 6.92. The highest BCUT2D eigenvalue weighted by atomic mass is 16.4. The highest BCUT2D eigenvalue weighted by Crippen LogP contribution is 2.04. The second-order valence-corrected chi connectivity index (χ2v) is 4.68. The highest BCUT2D eigenvalue weighted by molar-refractivity contribution is 6.07. The summed E-state index contributed by atoms with van der Waals surface area (Å²) in [5, 5.41) is 13.4. The third kappa shape index (κ3) is 5.10. The Morgan fingerprint density at radius 3 is 2.38 bits per heavy atom. The number of aliphatic carboxylic acids is 1. The molecule has 0 heterocycles. The van der Waals surface area contributed by atoms with Crippen LogP contribution in [0.2, 0.25) is 0 Å². The summed E-state index contributed by atoms with van der Waals surface area (Å²) in [5.74, 6) is -1.92. The van der Waals surface area contributed by atoms with Crippen LogP contribution in [-0.4, -0.2) is 23.0 Å². The van der Waals surface area contributed by atoms with Crippen molar-refractivity contribution in [1.82, 2.24) is 10.6 Å². The average molecular weight is 290 g/mol. The van der Waals surface area contributed by atoms with Gasteiger partial charge in [0, 0.05) is 17.7 Å². The van der Waals surface area contributed by atoms with E-state index < -0.39 is 17.9 Å². The van der Waals surface area contributed by atoms with E-state index in [0.717, 1.165) is 11.1 Å². The van der Waals surface area contributed by atoms with Gasteiger partial charge in [-0.1, -0.05) is 29.8 Å². The number of amides is 3. The number of aryl methyl sites for hydroxylation is 1. The first-order chi connectivity index (χ1) is 9.81. The van der Waals surface area contributed by atoms with Crippen LogP contribution in [-0.2, 0) is 16.1 Å². The molecule has 0 aliphatic rings. The van der Waals surface area contributed by atoms with Crippen molar-refractivity contribution in [3.63, 3.8) is 0 Å². The van der Waals surface area contributed by atoms with Gasteiger partial charge in [0.2, 0.25) is 0 Å². The number of carboxylic acids is 1. The molecule has 0 aliphatic carbocycles. The Balaban J connectivity index is 2.56. The van der Waals surface area contributed by atoms with Gasteiger partial charge in [0.1, 0.15) is 0 Å². The first-order valence-corrected chi connectivity index (χ1v) is 6.36. The molecule has 1 aromatic rings. The number of nitrogens with one attached hydrogen (secondary N) is 2. The zero-order valence-corrected chi connectivity index (χ0v) is 12.2. The van der Waals surface area contributed by atoms with Crippen molar-refractivity contribution in [2.45, 2.75) is 27.3 Å². The third-order valence-electron chi connectivity index (χ3n) is 2.99. The largest absolute Gasteiger partial charge is 0.478 e. The molecule has 0 atom stereocenters. The molecule has 0 aromatic heterocycles.